The maximum atomic E-state index is 11.7. The molecule has 1 aromatic carbocycles. The van der Waals surface area contributed by atoms with Crippen molar-refractivity contribution in [3.63, 3.8) is 0 Å². The summed E-state index contributed by atoms with van der Waals surface area (Å²) in [5.41, 5.74) is -0.640. The summed E-state index contributed by atoms with van der Waals surface area (Å²) in [7, 11) is -7.78. The van der Waals surface area contributed by atoms with E-state index in [2.05, 4.69) is 13.2 Å². The zero-order valence-corrected chi connectivity index (χ0v) is 16.7. The summed E-state index contributed by atoms with van der Waals surface area (Å²) in [6.45, 7) is 5.28. The van der Waals surface area contributed by atoms with E-state index in [1.165, 1.54) is 24.3 Å². The lowest BCUT2D eigenvalue weighted by Gasteiger charge is -2.20. The maximum absolute atomic E-state index is 11.7. The van der Waals surface area contributed by atoms with Crippen LogP contribution in [0, 0.1) is 0 Å². The number of hydrogen-bond donors (Lipinski definition) is 5. The molecule has 3 atom stereocenters. The minimum Gasteiger partial charge on any atom is -0.478 e. The smallest absolute Gasteiger partial charge is 0.478 e. The fourth-order valence-corrected chi connectivity index (χ4v) is 3.44. The lowest BCUT2D eigenvalue weighted by Crippen LogP contribution is -2.12. The van der Waals surface area contributed by atoms with Crippen LogP contribution in [-0.2, 0) is 28.2 Å². The Morgan fingerprint density at radius 2 is 1.38 bits per heavy atom. The van der Waals surface area contributed by atoms with Crippen molar-refractivity contribution in [2.24, 2.45) is 0 Å². The van der Waals surface area contributed by atoms with E-state index in [0.717, 1.165) is 0 Å². The second-order valence-corrected chi connectivity index (χ2v) is 8.42. The molecule has 0 fully saturated rings. The first-order chi connectivity index (χ1) is 13.3. The van der Waals surface area contributed by atoms with Crippen molar-refractivity contribution in [1.82, 2.24) is 0 Å². The van der Waals surface area contributed by atoms with Crippen LogP contribution in [0.5, 0.6) is 0 Å². The van der Waals surface area contributed by atoms with Gasteiger partial charge in [0, 0.05) is 5.56 Å². The van der Waals surface area contributed by atoms with Gasteiger partial charge in [-0.1, -0.05) is 37.4 Å². The highest BCUT2D eigenvalue weighted by Crippen LogP contribution is 2.52. The van der Waals surface area contributed by atoms with E-state index in [-0.39, 0.29) is 16.7 Å². The molecule has 0 radical (unpaired) electrons. The number of aliphatic carboxylic acids is 2. The number of rotatable bonds is 12. The summed E-state index contributed by atoms with van der Waals surface area (Å²) in [6, 6.07) is 4.88. The Bertz CT molecular complexity index is 856. The molecule has 3 unspecified atom stereocenters. The van der Waals surface area contributed by atoms with Gasteiger partial charge in [-0.15, -0.1) is 0 Å². The Kier molecular flexibility index (Phi) is 9.00. The van der Waals surface area contributed by atoms with E-state index in [4.69, 9.17) is 19.7 Å². The van der Waals surface area contributed by atoms with Crippen LogP contribution in [0.4, 0.5) is 0 Å². The number of ether oxygens (including phenoxy) is 2. The molecule has 29 heavy (non-hydrogen) atoms. The molecule has 0 saturated heterocycles. The Balaban J connectivity index is 3.04. The molecule has 0 aliphatic rings. The molecule has 0 aromatic heterocycles. The van der Waals surface area contributed by atoms with Gasteiger partial charge in [0.15, 0.2) is 5.85 Å². The highest BCUT2D eigenvalue weighted by molar-refractivity contribution is 7.52. The first-order valence-corrected chi connectivity index (χ1v) is 10.7. The lowest BCUT2D eigenvalue weighted by atomic mass is 10.1. The molecule has 0 amide bonds. The van der Waals surface area contributed by atoms with Gasteiger partial charge < -0.3 is 29.5 Å². The van der Waals surface area contributed by atoms with E-state index >= 15 is 0 Å². The van der Waals surface area contributed by atoms with Gasteiger partial charge in [-0.3, -0.25) is 4.57 Å². The summed E-state index contributed by atoms with van der Waals surface area (Å²) in [5, 5.41) is 17.5. The normalized spacial score (nSPS) is 14.0. The van der Waals surface area contributed by atoms with Gasteiger partial charge in [-0.2, -0.15) is 4.89 Å². The standard InChI is InChI=1S/C16H18O11P2/c1-9(13(17)18)7-26-15(28(21)22)11-3-5-12(6-4-11)16(29(23,24)25)27-8-10(2)14(19)20/h3-6,15-16H,1-2,7-8H2,(H4-,17,18,19,20,21,22,23,24,25)/p+1. The minimum atomic E-state index is -4.85. The summed E-state index contributed by atoms with van der Waals surface area (Å²) in [6.07, 6.45) is 0. The first kappa shape index (κ1) is 24.8. The zero-order valence-electron chi connectivity index (χ0n) is 14.9. The van der Waals surface area contributed by atoms with Crippen LogP contribution >= 0.6 is 15.6 Å². The van der Waals surface area contributed by atoms with Crippen molar-refractivity contribution in [2.45, 2.75) is 11.7 Å². The fourth-order valence-electron chi connectivity index (χ4n) is 1.98. The highest BCUT2D eigenvalue weighted by Gasteiger charge is 2.35. The van der Waals surface area contributed by atoms with Gasteiger partial charge in [0.2, 0.25) is 0 Å². The molecular weight excluding hydrogens is 430 g/mol. The molecule has 0 saturated carbocycles. The molecule has 0 aliphatic carbocycles. The largest absolute Gasteiger partial charge is 0.543 e. The first-order valence-electron chi connectivity index (χ1n) is 7.70. The summed E-state index contributed by atoms with van der Waals surface area (Å²) >= 11 is 0. The molecule has 0 aliphatic heterocycles. The monoisotopic (exact) mass is 449 g/mol. The molecule has 0 bridgehead atoms. The van der Waals surface area contributed by atoms with Gasteiger partial charge in [-0.05, 0) is 10.1 Å². The third-order valence-electron chi connectivity index (χ3n) is 3.45. The SMILES string of the molecule is C=C(COC(c1ccc(C(OCC(=C)C(=O)O)P(=O)(O)O)cc1)[P+](=O)O)C(=O)O. The quantitative estimate of drug-likeness (QED) is 0.232. The predicted molar refractivity (Wildman–Crippen MR) is 99.2 cm³/mol. The Morgan fingerprint density at radius 3 is 1.76 bits per heavy atom. The number of carboxylic acid groups (broad SMARTS) is 2. The van der Waals surface area contributed by atoms with E-state index < -0.39 is 58.0 Å². The number of hydrogen-bond acceptors (Lipinski definition) is 6. The van der Waals surface area contributed by atoms with Crippen LogP contribution in [-0.4, -0.2) is 50.0 Å². The average Bonchev–Trinajstić information content (AvgIpc) is 2.61. The molecule has 11 nitrogen and oxygen atoms in total. The highest BCUT2D eigenvalue weighted by atomic mass is 31.2. The lowest BCUT2D eigenvalue weighted by molar-refractivity contribution is -0.134. The van der Waals surface area contributed by atoms with Crippen LogP contribution in [0.25, 0.3) is 0 Å². The van der Waals surface area contributed by atoms with Crippen molar-refractivity contribution in [3.8, 4) is 0 Å². The topological polar surface area (TPSA) is 188 Å². The van der Waals surface area contributed by atoms with Crippen molar-refractivity contribution in [2.75, 3.05) is 13.2 Å². The van der Waals surface area contributed by atoms with Crippen molar-refractivity contribution in [3.05, 3.63) is 59.7 Å². The van der Waals surface area contributed by atoms with Crippen molar-refractivity contribution >= 4 is 27.6 Å². The molecule has 1 rings (SSSR count). The second kappa shape index (κ2) is 10.5. The number of carboxylic acids is 2. The third kappa shape index (κ3) is 7.60. The summed E-state index contributed by atoms with van der Waals surface area (Å²) in [4.78, 5) is 49.9. The van der Waals surface area contributed by atoms with Crippen LogP contribution in [0.15, 0.2) is 48.6 Å². The van der Waals surface area contributed by atoms with Crippen LogP contribution in [0.3, 0.4) is 0 Å². The van der Waals surface area contributed by atoms with E-state index in [1.54, 1.807) is 0 Å². The molecule has 0 heterocycles. The molecule has 1 aromatic rings. The van der Waals surface area contributed by atoms with E-state index in [1.807, 2.05) is 0 Å². The van der Waals surface area contributed by atoms with Gasteiger partial charge in [0.1, 0.15) is 0 Å². The Labute approximate surface area is 165 Å². The number of benzene rings is 1. The van der Waals surface area contributed by atoms with Crippen LogP contribution in [0.2, 0.25) is 0 Å². The molecule has 158 valence electrons. The summed E-state index contributed by atoms with van der Waals surface area (Å²) < 4.78 is 33.4. The maximum Gasteiger partial charge on any atom is 0.543 e. The van der Waals surface area contributed by atoms with Gasteiger partial charge >= 0.3 is 33.4 Å². The van der Waals surface area contributed by atoms with E-state index in [9.17, 15) is 33.4 Å². The zero-order chi connectivity index (χ0) is 22.4. The molecule has 0 spiro atoms. The summed E-state index contributed by atoms with van der Waals surface area (Å²) in [5.74, 6) is -5.92. The molecule has 13 heteroatoms. The van der Waals surface area contributed by atoms with E-state index in [0.29, 0.717) is 0 Å². The average molecular weight is 449 g/mol. The van der Waals surface area contributed by atoms with Crippen molar-refractivity contribution < 1.29 is 53.1 Å². The van der Waals surface area contributed by atoms with Gasteiger partial charge in [-0.25, -0.2) is 9.59 Å². The van der Waals surface area contributed by atoms with Gasteiger partial charge in [0.05, 0.1) is 24.4 Å². The Morgan fingerprint density at radius 1 is 0.966 bits per heavy atom. The number of carbonyl (C=O) groups is 2. The second-order valence-electron chi connectivity index (χ2n) is 5.70. The Hall–Kier alpha value is -2.23. The van der Waals surface area contributed by atoms with Crippen LogP contribution < -0.4 is 0 Å². The van der Waals surface area contributed by atoms with Crippen molar-refractivity contribution in [1.29, 1.82) is 0 Å². The molecular formula is C16H19O11P2+. The van der Waals surface area contributed by atoms with Crippen LogP contribution in [0.1, 0.15) is 22.8 Å². The molecule has 5 N–H and O–H groups in total. The fraction of sp³-hybridized carbons (Fsp3) is 0.250. The predicted octanol–water partition coefficient (Wildman–Crippen LogP) is 1.91. The third-order valence-corrected chi connectivity index (χ3v) is 5.36. The van der Waals surface area contributed by atoms with Gasteiger partial charge in [0.25, 0.3) is 0 Å². The minimum absolute atomic E-state index is 0.0258.